The molecule has 3 unspecified atom stereocenters. The molecule has 0 bridgehead atoms. The second kappa shape index (κ2) is 5.00. The molecule has 2 heterocycles. The van der Waals surface area contributed by atoms with E-state index in [2.05, 4.69) is 36.6 Å². The second-order valence-corrected chi connectivity index (χ2v) is 5.97. The number of aliphatic hydroxyl groups is 1. The lowest BCUT2D eigenvalue weighted by atomic mass is 9.91. The molecule has 2 nitrogen and oxygen atoms in total. The first kappa shape index (κ1) is 12.2. The maximum absolute atomic E-state index is 10.4. The molecule has 18 heavy (non-hydrogen) atoms. The van der Waals surface area contributed by atoms with Crippen LogP contribution in [0.1, 0.15) is 18.9 Å². The normalized spacial score (nSPS) is 25.7. The number of thiophene rings is 1. The molecule has 1 N–H and O–H groups in total. The Balaban J connectivity index is 1.79. The van der Waals surface area contributed by atoms with Gasteiger partial charge in [-0.25, -0.2) is 0 Å². The number of hydrogen-bond donors (Lipinski definition) is 1. The van der Waals surface area contributed by atoms with Crippen molar-refractivity contribution in [2.24, 2.45) is 5.92 Å². The number of fused-ring (bicyclic) bond motifs is 1. The zero-order valence-electron chi connectivity index (χ0n) is 10.5. The van der Waals surface area contributed by atoms with E-state index in [0.29, 0.717) is 0 Å². The third-order valence-electron chi connectivity index (χ3n) is 3.92. The second-order valence-electron chi connectivity index (χ2n) is 5.06. The molecule has 0 spiro atoms. The first-order valence-corrected chi connectivity index (χ1v) is 7.38. The van der Waals surface area contributed by atoms with E-state index in [1.807, 2.05) is 0 Å². The first-order valence-electron chi connectivity index (χ1n) is 6.50. The van der Waals surface area contributed by atoms with Gasteiger partial charge in [0.25, 0.3) is 0 Å². The van der Waals surface area contributed by atoms with Gasteiger partial charge >= 0.3 is 0 Å². The maximum Gasteiger partial charge on any atom is 0.0634 e. The highest BCUT2D eigenvalue weighted by Gasteiger charge is 2.31. The minimum atomic E-state index is -0.291. The summed E-state index contributed by atoms with van der Waals surface area (Å²) in [4.78, 5) is 0. The maximum atomic E-state index is 10.4. The molecule has 1 aromatic carbocycles. The monoisotopic (exact) mass is 262 g/mol. The van der Waals surface area contributed by atoms with E-state index in [4.69, 9.17) is 4.74 Å². The fraction of sp³-hybridized carbons (Fsp3) is 0.467. The molecule has 1 fully saturated rings. The van der Waals surface area contributed by atoms with Gasteiger partial charge in [0.15, 0.2) is 0 Å². The van der Waals surface area contributed by atoms with Gasteiger partial charge in [-0.2, -0.15) is 0 Å². The van der Waals surface area contributed by atoms with E-state index < -0.39 is 0 Å². The number of ether oxygens (including phenoxy) is 1. The summed E-state index contributed by atoms with van der Waals surface area (Å²) in [6.07, 6.45) is 1.61. The Bertz CT molecular complexity index is 534. The predicted molar refractivity (Wildman–Crippen MR) is 75.1 cm³/mol. The van der Waals surface area contributed by atoms with Gasteiger partial charge in [0.05, 0.1) is 12.2 Å². The Labute approximate surface area is 111 Å². The van der Waals surface area contributed by atoms with Crippen LogP contribution in [0.4, 0.5) is 0 Å². The van der Waals surface area contributed by atoms with Crippen LogP contribution in [0.2, 0.25) is 0 Å². The van der Waals surface area contributed by atoms with E-state index in [1.165, 1.54) is 15.6 Å². The van der Waals surface area contributed by atoms with Gasteiger partial charge in [-0.1, -0.05) is 18.2 Å². The van der Waals surface area contributed by atoms with E-state index in [9.17, 15) is 5.11 Å². The molecule has 96 valence electrons. The van der Waals surface area contributed by atoms with Gasteiger partial charge in [0, 0.05) is 23.6 Å². The van der Waals surface area contributed by atoms with Crippen molar-refractivity contribution in [1.29, 1.82) is 0 Å². The van der Waals surface area contributed by atoms with Crippen molar-refractivity contribution in [3.8, 4) is 0 Å². The summed E-state index contributed by atoms with van der Waals surface area (Å²) in [6.45, 7) is 2.85. The molecule has 3 heteroatoms. The molecule has 0 radical (unpaired) electrons. The van der Waals surface area contributed by atoms with Crippen LogP contribution in [0.25, 0.3) is 10.1 Å². The van der Waals surface area contributed by atoms with E-state index in [0.717, 1.165) is 19.4 Å². The molecule has 0 amide bonds. The van der Waals surface area contributed by atoms with Crippen molar-refractivity contribution < 1.29 is 9.84 Å². The number of hydrogen-bond acceptors (Lipinski definition) is 3. The Hall–Kier alpha value is -0.900. The number of aliphatic hydroxyl groups excluding tert-OH is 1. The minimum absolute atomic E-state index is 0.185. The van der Waals surface area contributed by atoms with Crippen LogP contribution in [0.5, 0.6) is 0 Å². The van der Waals surface area contributed by atoms with Gasteiger partial charge in [-0.3, -0.25) is 0 Å². The van der Waals surface area contributed by atoms with Crippen molar-refractivity contribution >= 4 is 21.4 Å². The lowest BCUT2D eigenvalue weighted by molar-refractivity contribution is 0.0442. The molecule has 0 aliphatic carbocycles. The van der Waals surface area contributed by atoms with Crippen LogP contribution in [-0.4, -0.2) is 23.9 Å². The van der Waals surface area contributed by atoms with Crippen LogP contribution in [-0.2, 0) is 11.2 Å². The van der Waals surface area contributed by atoms with Gasteiger partial charge in [-0.15, -0.1) is 11.3 Å². The molecular formula is C15H18O2S. The van der Waals surface area contributed by atoms with Crippen LogP contribution in [0.3, 0.4) is 0 Å². The van der Waals surface area contributed by atoms with E-state index in [1.54, 1.807) is 11.3 Å². The Kier molecular flexibility index (Phi) is 3.37. The van der Waals surface area contributed by atoms with Crippen molar-refractivity contribution in [1.82, 2.24) is 0 Å². The summed E-state index contributed by atoms with van der Waals surface area (Å²) in [5, 5.41) is 13.8. The minimum Gasteiger partial charge on any atom is -0.392 e. The molecule has 3 rings (SSSR count). The zero-order valence-corrected chi connectivity index (χ0v) is 11.3. The zero-order chi connectivity index (χ0) is 12.5. The summed E-state index contributed by atoms with van der Waals surface area (Å²) >= 11 is 1.76. The fourth-order valence-electron chi connectivity index (χ4n) is 2.82. The molecule has 1 aliphatic rings. The quantitative estimate of drug-likeness (QED) is 0.920. The largest absolute Gasteiger partial charge is 0.392 e. The highest BCUT2D eigenvalue weighted by molar-refractivity contribution is 7.17. The topological polar surface area (TPSA) is 29.5 Å². The summed E-state index contributed by atoms with van der Waals surface area (Å²) < 4.78 is 6.84. The highest BCUT2D eigenvalue weighted by Crippen LogP contribution is 2.30. The highest BCUT2D eigenvalue weighted by atomic mass is 32.1. The SMILES string of the molecule is CC1OCCC1C(O)Cc1csc2ccccc12. The molecule has 1 saturated heterocycles. The standard InChI is InChI=1S/C15H18O2S/c1-10-12(6-7-17-10)14(16)8-11-9-18-15-5-3-2-4-13(11)15/h2-5,9-10,12,14,16H,6-8H2,1H3. The Morgan fingerprint density at radius 2 is 2.28 bits per heavy atom. The predicted octanol–water partition coefficient (Wildman–Crippen LogP) is 3.23. The number of rotatable bonds is 3. The van der Waals surface area contributed by atoms with Crippen molar-refractivity contribution in [3.63, 3.8) is 0 Å². The average Bonchev–Trinajstić information content (AvgIpc) is 2.97. The molecular weight excluding hydrogens is 244 g/mol. The third-order valence-corrected chi connectivity index (χ3v) is 4.93. The van der Waals surface area contributed by atoms with Crippen LogP contribution in [0.15, 0.2) is 29.6 Å². The molecule has 3 atom stereocenters. The van der Waals surface area contributed by atoms with Crippen molar-refractivity contribution in [2.45, 2.75) is 32.0 Å². The lowest BCUT2D eigenvalue weighted by Crippen LogP contribution is -2.28. The van der Waals surface area contributed by atoms with Gasteiger partial charge in [0.1, 0.15) is 0 Å². The number of benzene rings is 1. The van der Waals surface area contributed by atoms with Crippen LogP contribution in [0, 0.1) is 5.92 Å². The van der Waals surface area contributed by atoms with E-state index >= 15 is 0 Å². The summed E-state index contributed by atoms with van der Waals surface area (Å²) in [5.41, 5.74) is 1.27. The van der Waals surface area contributed by atoms with Crippen LogP contribution >= 0.6 is 11.3 Å². The summed E-state index contributed by atoms with van der Waals surface area (Å²) in [6, 6.07) is 8.40. The molecule has 1 aliphatic heterocycles. The molecule has 2 aromatic rings. The van der Waals surface area contributed by atoms with Crippen molar-refractivity contribution in [2.75, 3.05) is 6.61 Å². The Morgan fingerprint density at radius 1 is 1.44 bits per heavy atom. The van der Waals surface area contributed by atoms with Gasteiger partial charge in [0.2, 0.25) is 0 Å². The lowest BCUT2D eigenvalue weighted by Gasteiger charge is -2.20. The fourth-order valence-corrected chi connectivity index (χ4v) is 3.80. The van der Waals surface area contributed by atoms with Gasteiger partial charge in [-0.05, 0) is 35.7 Å². The first-order chi connectivity index (χ1) is 8.75. The third kappa shape index (κ3) is 2.18. The smallest absolute Gasteiger partial charge is 0.0634 e. The van der Waals surface area contributed by atoms with E-state index in [-0.39, 0.29) is 18.1 Å². The van der Waals surface area contributed by atoms with Crippen LogP contribution < -0.4 is 0 Å². The average molecular weight is 262 g/mol. The van der Waals surface area contributed by atoms with Gasteiger partial charge < -0.3 is 9.84 Å². The Morgan fingerprint density at radius 3 is 3.06 bits per heavy atom. The summed E-state index contributed by atoms with van der Waals surface area (Å²) in [7, 11) is 0. The summed E-state index contributed by atoms with van der Waals surface area (Å²) in [5.74, 6) is 0.281. The van der Waals surface area contributed by atoms with Crippen molar-refractivity contribution in [3.05, 3.63) is 35.2 Å². The molecule has 1 aromatic heterocycles. The molecule has 0 saturated carbocycles.